The molecule has 4 rings (SSSR count). The molecular formula is C26H32N4O5. The molecule has 1 saturated heterocycles. The number of carbonyl (C=O) groups excluding carboxylic acids is 1. The molecule has 3 aromatic rings. The first kappa shape index (κ1) is 24.4. The highest BCUT2D eigenvalue weighted by Crippen LogP contribution is 2.39. The lowest BCUT2D eigenvalue weighted by molar-refractivity contribution is 0.116. The molecule has 0 spiro atoms. The standard InChI is InChI=1S/C26H32N4O5/c1-32-23-15-21(16-24(33-2)25(23)34-3)28-26(31)27-20-8-6-19(7-9-20)17-29-10-12-30(13-11-29)18-22-5-4-14-35-22/h4-9,14-16H,10-13,17-18H2,1-3H3,(H2,27,28,31). The van der Waals surface area contributed by atoms with Gasteiger partial charge in [0.25, 0.3) is 0 Å². The Kier molecular flexibility index (Phi) is 8.12. The van der Waals surface area contributed by atoms with E-state index in [-0.39, 0.29) is 6.03 Å². The van der Waals surface area contributed by atoms with Gasteiger partial charge < -0.3 is 29.3 Å². The number of furan rings is 1. The fourth-order valence-electron chi connectivity index (χ4n) is 4.13. The Morgan fingerprint density at radius 1 is 0.829 bits per heavy atom. The molecule has 1 aliphatic rings. The van der Waals surface area contributed by atoms with Crippen molar-refractivity contribution in [1.82, 2.24) is 9.80 Å². The van der Waals surface area contributed by atoms with Crippen LogP contribution in [0.1, 0.15) is 11.3 Å². The lowest BCUT2D eigenvalue weighted by Gasteiger charge is -2.34. The van der Waals surface area contributed by atoms with Gasteiger partial charge >= 0.3 is 6.03 Å². The van der Waals surface area contributed by atoms with E-state index in [0.717, 1.165) is 45.0 Å². The minimum atomic E-state index is -0.361. The van der Waals surface area contributed by atoms with Crippen molar-refractivity contribution in [3.8, 4) is 17.2 Å². The summed E-state index contributed by atoms with van der Waals surface area (Å²) in [5.41, 5.74) is 2.45. The molecule has 0 atom stereocenters. The number of piperazine rings is 1. The van der Waals surface area contributed by atoms with E-state index in [4.69, 9.17) is 18.6 Å². The number of benzene rings is 2. The number of hydrogen-bond acceptors (Lipinski definition) is 7. The normalized spacial score (nSPS) is 14.4. The second kappa shape index (κ2) is 11.6. The molecule has 0 unspecified atom stereocenters. The lowest BCUT2D eigenvalue weighted by Crippen LogP contribution is -2.45. The van der Waals surface area contributed by atoms with Gasteiger partial charge in [-0.05, 0) is 29.8 Å². The zero-order valence-corrected chi connectivity index (χ0v) is 20.4. The minimum Gasteiger partial charge on any atom is -0.493 e. The van der Waals surface area contributed by atoms with Gasteiger partial charge in [0.1, 0.15) is 5.76 Å². The highest BCUT2D eigenvalue weighted by molar-refractivity contribution is 6.00. The molecule has 0 saturated carbocycles. The van der Waals surface area contributed by atoms with Gasteiger partial charge in [-0.25, -0.2) is 4.79 Å². The van der Waals surface area contributed by atoms with E-state index < -0.39 is 0 Å². The number of nitrogens with one attached hydrogen (secondary N) is 2. The van der Waals surface area contributed by atoms with Crippen LogP contribution >= 0.6 is 0 Å². The molecule has 1 fully saturated rings. The smallest absolute Gasteiger partial charge is 0.323 e. The number of ether oxygens (including phenoxy) is 3. The Labute approximate surface area is 205 Å². The second-order valence-electron chi connectivity index (χ2n) is 8.32. The molecule has 0 bridgehead atoms. The third-order valence-electron chi connectivity index (χ3n) is 5.97. The summed E-state index contributed by atoms with van der Waals surface area (Å²) in [4.78, 5) is 17.4. The quantitative estimate of drug-likeness (QED) is 0.473. The first-order valence-corrected chi connectivity index (χ1v) is 11.5. The van der Waals surface area contributed by atoms with Crippen LogP contribution in [0.25, 0.3) is 0 Å². The van der Waals surface area contributed by atoms with E-state index in [2.05, 4.69) is 20.4 Å². The Balaban J connectivity index is 1.27. The number of urea groups is 1. The van der Waals surface area contributed by atoms with Crippen LogP contribution in [0.2, 0.25) is 0 Å². The van der Waals surface area contributed by atoms with Crippen LogP contribution in [-0.2, 0) is 13.1 Å². The van der Waals surface area contributed by atoms with Gasteiger partial charge in [-0.2, -0.15) is 0 Å². The van der Waals surface area contributed by atoms with E-state index in [1.165, 1.54) is 26.9 Å². The average molecular weight is 481 g/mol. The Bertz CT molecular complexity index is 1070. The van der Waals surface area contributed by atoms with Crippen molar-refractivity contribution in [2.75, 3.05) is 58.1 Å². The van der Waals surface area contributed by atoms with Crippen LogP contribution in [0.4, 0.5) is 16.2 Å². The van der Waals surface area contributed by atoms with E-state index in [1.54, 1.807) is 18.4 Å². The second-order valence-corrected chi connectivity index (χ2v) is 8.32. The van der Waals surface area contributed by atoms with Gasteiger partial charge in [0.2, 0.25) is 5.75 Å². The first-order chi connectivity index (χ1) is 17.1. The van der Waals surface area contributed by atoms with Crippen LogP contribution in [-0.4, -0.2) is 63.3 Å². The van der Waals surface area contributed by atoms with Crippen molar-refractivity contribution in [3.63, 3.8) is 0 Å². The molecule has 2 amide bonds. The highest BCUT2D eigenvalue weighted by atomic mass is 16.5. The summed E-state index contributed by atoms with van der Waals surface area (Å²) in [6.45, 7) is 5.80. The van der Waals surface area contributed by atoms with Crippen molar-refractivity contribution in [1.29, 1.82) is 0 Å². The van der Waals surface area contributed by atoms with Crippen molar-refractivity contribution < 1.29 is 23.4 Å². The Morgan fingerprint density at radius 3 is 1.97 bits per heavy atom. The third kappa shape index (κ3) is 6.46. The summed E-state index contributed by atoms with van der Waals surface area (Å²) in [5.74, 6) is 2.41. The summed E-state index contributed by atoms with van der Waals surface area (Å²) < 4.78 is 21.4. The van der Waals surface area contributed by atoms with Gasteiger partial charge in [0.05, 0.1) is 39.8 Å². The van der Waals surface area contributed by atoms with Crippen molar-refractivity contribution in [3.05, 3.63) is 66.1 Å². The largest absolute Gasteiger partial charge is 0.493 e. The fraction of sp³-hybridized carbons (Fsp3) is 0.346. The summed E-state index contributed by atoms with van der Waals surface area (Å²) in [7, 11) is 4.60. The molecule has 0 radical (unpaired) electrons. The van der Waals surface area contributed by atoms with Crippen LogP contribution in [0, 0.1) is 0 Å². The Morgan fingerprint density at radius 2 is 1.43 bits per heavy atom. The van der Waals surface area contributed by atoms with Crippen LogP contribution in [0.5, 0.6) is 17.2 Å². The molecule has 9 nitrogen and oxygen atoms in total. The van der Waals surface area contributed by atoms with E-state index in [9.17, 15) is 4.79 Å². The van der Waals surface area contributed by atoms with Gasteiger partial charge in [0, 0.05) is 50.5 Å². The van der Waals surface area contributed by atoms with Crippen LogP contribution < -0.4 is 24.8 Å². The number of rotatable bonds is 9. The molecule has 186 valence electrons. The van der Waals surface area contributed by atoms with Gasteiger partial charge in [0.15, 0.2) is 11.5 Å². The summed E-state index contributed by atoms with van der Waals surface area (Å²) in [6, 6.07) is 14.9. The molecule has 2 aromatic carbocycles. The molecular weight excluding hydrogens is 448 g/mol. The topological polar surface area (TPSA) is 88.4 Å². The van der Waals surface area contributed by atoms with Gasteiger partial charge in [-0.3, -0.25) is 9.80 Å². The molecule has 9 heteroatoms. The average Bonchev–Trinajstić information content (AvgIpc) is 3.38. The van der Waals surface area contributed by atoms with Crippen LogP contribution in [0.15, 0.2) is 59.2 Å². The zero-order valence-electron chi connectivity index (χ0n) is 20.4. The number of methoxy groups -OCH3 is 3. The van der Waals surface area contributed by atoms with Crippen molar-refractivity contribution in [2.45, 2.75) is 13.1 Å². The number of amides is 2. The summed E-state index contributed by atoms with van der Waals surface area (Å²) >= 11 is 0. The molecule has 0 aliphatic carbocycles. The molecule has 1 aromatic heterocycles. The number of carbonyl (C=O) groups is 1. The van der Waals surface area contributed by atoms with Gasteiger partial charge in [-0.15, -0.1) is 0 Å². The molecule has 2 heterocycles. The number of hydrogen-bond donors (Lipinski definition) is 2. The lowest BCUT2D eigenvalue weighted by atomic mass is 10.1. The Hall–Kier alpha value is -3.69. The predicted molar refractivity (Wildman–Crippen MR) is 134 cm³/mol. The zero-order chi connectivity index (χ0) is 24.6. The number of nitrogens with zero attached hydrogens (tertiary/aromatic N) is 2. The van der Waals surface area contributed by atoms with Crippen LogP contribution in [0.3, 0.4) is 0 Å². The highest BCUT2D eigenvalue weighted by Gasteiger charge is 2.18. The molecule has 35 heavy (non-hydrogen) atoms. The minimum absolute atomic E-state index is 0.361. The predicted octanol–water partition coefficient (Wildman–Crippen LogP) is 4.27. The number of anilines is 2. The first-order valence-electron chi connectivity index (χ1n) is 11.5. The molecule has 2 N–H and O–H groups in total. The monoisotopic (exact) mass is 480 g/mol. The van der Waals surface area contributed by atoms with Gasteiger partial charge in [-0.1, -0.05) is 12.1 Å². The third-order valence-corrected chi connectivity index (χ3v) is 5.97. The van der Waals surface area contributed by atoms with E-state index in [0.29, 0.717) is 28.6 Å². The van der Waals surface area contributed by atoms with E-state index >= 15 is 0 Å². The van der Waals surface area contributed by atoms with Crippen molar-refractivity contribution in [2.24, 2.45) is 0 Å². The summed E-state index contributed by atoms with van der Waals surface area (Å²) in [5, 5.41) is 5.67. The fourth-order valence-corrected chi connectivity index (χ4v) is 4.13. The summed E-state index contributed by atoms with van der Waals surface area (Å²) in [6.07, 6.45) is 1.72. The SMILES string of the molecule is COc1cc(NC(=O)Nc2ccc(CN3CCN(Cc4ccco4)CC3)cc2)cc(OC)c1OC. The van der Waals surface area contributed by atoms with E-state index in [1.807, 2.05) is 36.4 Å². The maximum absolute atomic E-state index is 12.5. The maximum Gasteiger partial charge on any atom is 0.323 e. The van der Waals surface area contributed by atoms with Crippen molar-refractivity contribution >= 4 is 17.4 Å². The molecule has 1 aliphatic heterocycles. The maximum atomic E-state index is 12.5.